The zero-order valence-corrected chi connectivity index (χ0v) is 14.9. The number of carboxylic acid groups (broad SMARTS) is 1. The molecule has 7 heteroatoms. The van der Waals surface area contributed by atoms with Crippen LogP contribution >= 0.6 is 0 Å². The van der Waals surface area contributed by atoms with Gasteiger partial charge in [0.05, 0.1) is 12.0 Å². The van der Waals surface area contributed by atoms with Gasteiger partial charge in [0.2, 0.25) is 5.91 Å². The van der Waals surface area contributed by atoms with Gasteiger partial charge in [0.1, 0.15) is 0 Å². The van der Waals surface area contributed by atoms with Crippen LogP contribution in [0.1, 0.15) is 30.9 Å². The molecule has 1 aromatic carbocycles. The van der Waals surface area contributed by atoms with Gasteiger partial charge in [0, 0.05) is 39.0 Å². The first-order chi connectivity index (χ1) is 12.5. The lowest BCUT2D eigenvalue weighted by Crippen LogP contribution is -2.48. The molecule has 2 aliphatic rings. The zero-order chi connectivity index (χ0) is 18.7. The lowest BCUT2D eigenvalue weighted by molar-refractivity contribution is -0.143. The number of carbonyl (C=O) groups is 3. The summed E-state index contributed by atoms with van der Waals surface area (Å²) in [7, 11) is 1.80. The summed E-state index contributed by atoms with van der Waals surface area (Å²) in [5.41, 5.74) is 1.06. The number of hydrogen-bond donors (Lipinski definition) is 2. The van der Waals surface area contributed by atoms with Crippen molar-refractivity contribution in [1.29, 1.82) is 0 Å². The fourth-order valence-corrected chi connectivity index (χ4v) is 3.97. The van der Waals surface area contributed by atoms with Crippen LogP contribution in [-0.2, 0) is 9.59 Å². The molecule has 0 spiro atoms. The summed E-state index contributed by atoms with van der Waals surface area (Å²) in [6, 6.07) is 9.52. The van der Waals surface area contributed by atoms with E-state index < -0.39 is 11.9 Å². The van der Waals surface area contributed by atoms with Crippen molar-refractivity contribution in [1.82, 2.24) is 15.1 Å². The highest BCUT2D eigenvalue weighted by atomic mass is 16.4. The summed E-state index contributed by atoms with van der Waals surface area (Å²) in [6.45, 7) is 1.21. The molecule has 0 radical (unpaired) electrons. The van der Waals surface area contributed by atoms with E-state index in [0.717, 1.165) is 5.56 Å². The molecule has 0 saturated carbocycles. The van der Waals surface area contributed by atoms with Gasteiger partial charge < -0.3 is 20.2 Å². The van der Waals surface area contributed by atoms with Crippen LogP contribution in [-0.4, -0.2) is 59.5 Å². The lowest BCUT2D eigenvalue weighted by Gasteiger charge is -2.31. The minimum Gasteiger partial charge on any atom is -0.481 e. The van der Waals surface area contributed by atoms with Crippen LogP contribution in [0.5, 0.6) is 0 Å². The number of likely N-dealkylation sites (tertiary alicyclic amines) is 2. The second kappa shape index (κ2) is 7.76. The molecule has 2 aliphatic heterocycles. The molecular formula is C19H25N3O4. The van der Waals surface area contributed by atoms with Crippen LogP contribution in [0.25, 0.3) is 0 Å². The summed E-state index contributed by atoms with van der Waals surface area (Å²) in [6.07, 6.45) is 1.70. The first-order valence-electron chi connectivity index (χ1n) is 9.03. The first-order valence-corrected chi connectivity index (χ1v) is 9.03. The molecule has 0 aromatic heterocycles. The average Bonchev–Trinajstić information content (AvgIpc) is 2.94. The fraction of sp³-hybridized carbons (Fsp3) is 0.526. The minimum absolute atomic E-state index is 0.00101. The van der Waals surface area contributed by atoms with Crippen LogP contribution in [0.3, 0.4) is 0 Å². The summed E-state index contributed by atoms with van der Waals surface area (Å²) in [5, 5.41) is 12.1. The highest BCUT2D eigenvalue weighted by Crippen LogP contribution is 2.36. The van der Waals surface area contributed by atoms with E-state index in [1.807, 2.05) is 30.3 Å². The van der Waals surface area contributed by atoms with Gasteiger partial charge in [-0.15, -0.1) is 0 Å². The maximum atomic E-state index is 12.5. The van der Waals surface area contributed by atoms with Crippen molar-refractivity contribution in [3.8, 4) is 0 Å². The Morgan fingerprint density at radius 2 is 2.00 bits per heavy atom. The van der Waals surface area contributed by atoms with E-state index in [2.05, 4.69) is 5.32 Å². The van der Waals surface area contributed by atoms with Crippen LogP contribution in [0.2, 0.25) is 0 Å². The number of carboxylic acids is 1. The molecule has 3 rings (SSSR count). The third-order valence-electron chi connectivity index (χ3n) is 5.41. The smallest absolute Gasteiger partial charge is 0.317 e. The summed E-state index contributed by atoms with van der Waals surface area (Å²) in [4.78, 5) is 39.1. The fourth-order valence-electron chi connectivity index (χ4n) is 3.97. The summed E-state index contributed by atoms with van der Waals surface area (Å²) in [5.74, 6) is -1.28. The van der Waals surface area contributed by atoms with Gasteiger partial charge in [0.15, 0.2) is 0 Å². The van der Waals surface area contributed by atoms with Crippen LogP contribution in [0.15, 0.2) is 30.3 Å². The van der Waals surface area contributed by atoms with Crippen molar-refractivity contribution in [2.24, 2.45) is 11.8 Å². The van der Waals surface area contributed by atoms with E-state index in [-0.39, 0.29) is 30.4 Å². The molecule has 2 N–H and O–H groups in total. The number of urea groups is 1. The molecule has 140 valence electrons. The van der Waals surface area contributed by atoms with Crippen molar-refractivity contribution < 1.29 is 19.5 Å². The van der Waals surface area contributed by atoms with E-state index >= 15 is 0 Å². The van der Waals surface area contributed by atoms with Gasteiger partial charge in [-0.2, -0.15) is 0 Å². The van der Waals surface area contributed by atoms with Crippen molar-refractivity contribution >= 4 is 17.9 Å². The largest absolute Gasteiger partial charge is 0.481 e. The molecule has 1 unspecified atom stereocenters. The number of piperidine rings is 1. The van der Waals surface area contributed by atoms with Gasteiger partial charge in [0.25, 0.3) is 0 Å². The van der Waals surface area contributed by atoms with Crippen LogP contribution in [0.4, 0.5) is 4.79 Å². The number of nitrogens with zero attached hydrogens (tertiary/aromatic N) is 2. The van der Waals surface area contributed by atoms with E-state index in [0.29, 0.717) is 32.4 Å². The van der Waals surface area contributed by atoms with E-state index in [1.54, 1.807) is 16.8 Å². The third-order valence-corrected chi connectivity index (χ3v) is 5.41. The predicted octanol–water partition coefficient (Wildman–Crippen LogP) is 1.71. The lowest BCUT2D eigenvalue weighted by atomic mass is 9.93. The zero-order valence-electron chi connectivity index (χ0n) is 14.9. The van der Waals surface area contributed by atoms with Crippen LogP contribution in [0, 0.1) is 11.8 Å². The van der Waals surface area contributed by atoms with Gasteiger partial charge in [-0.25, -0.2) is 4.79 Å². The Morgan fingerprint density at radius 3 is 2.69 bits per heavy atom. The Balaban J connectivity index is 1.61. The number of benzene rings is 1. The third kappa shape index (κ3) is 3.81. The molecule has 2 saturated heterocycles. The molecule has 3 amide bonds. The van der Waals surface area contributed by atoms with Crippen molar-refractivity contribution in [2.75, 3.05) is 26.7 Å². The monoisotopic (exact) mass is 359 g/mol. The molecule has 2 fully saturated rings. The highest BCUT2D eigenvalue weighted by Gasteiger charge is 2.38. The summed E-state index contributed by atoms with van der Waals surface area (Å²) < 4.78 is 0. The van der Waals surface area contributed by atoms with Crippen molar-refractivity contribution in [3.05, 3.63) is 35.9 Å². The number of nitrogens with one attached hydrogen (secondary N) is 1. The predicted molar refractivity (Wildman–Crippen MR) is 95.4 cm³/mol. The maximum Gasteiger partial charge on any atom is 0.317 e. The molecule has 3 atom stereocenters. The van der Waals surface area contributed by atoms with Crippen LogP contribution < -0.4 is 5.32 Å². The molecular weight excluding hydrogens is 334 g/mol. The first kappa shape index (κ1) is 18.2. The Kier molecular flexibility index (Phi) is 5.44. The van der Waals surface area contributed by atoms with Gasteiger partial charge >= 0.3 is 12.0 Å². The normalized spacial score (nSPS) is 26.0. The SMILES string of the molecule is CN1C(=O)C[C@@H](CNC(=O)N2CCCC(C(=O)O)C2)[C@@H]1c1ccccc1. The number of carbonyl (C=O) groups excluding carboxylic acids is 2. The van der Waals surface area contributed by atoms with Gasteiger partial charge in [-0.05, 0) is 18.4 Å². The van der Waals surface area contributed by atoms with Crippen molar-refractivity contribution in [3.63, 3.8) is 0 Å². The quantitative estimate of drug-likeness (QED) is 0.856. The Hall–Kier alpha value is -2.57. The number of aliphatic carboxylic acids is 1. The number of hydrogen-bond acceptors (Lipinski definition) is 3. The number of amides is 3. The summed E-state index contributed by atoms with van der Waals surface area (Å²) >= 11 is 0. The highest BCUT2D eigenvalue weighted by molar-refractivity contribution is 5.80. The second-order valence-corrected chi connectivity index (χ2v) is 7.13. The van der Waals surface area contributed by atoms with Gasteiger partial charge in [-0.1, -0.05) is 30.3 Å². The Bertz CT molecular complexity index is 679. The maximum absolute atomic E-state index is 12.5. The molecule has 1 aromatic rings. The molecule has 0 aliphatic carbocycles. The molecule has 0 bridgehead atoms. The Morgan fingerprint density at radius 1 is 1.27 bits per heavy atom. The topological polar surface area (TPSA) is 90.0 Å². The van der Waals surface area contributed by atoms with Gasteiger partial charge in [-0.3, -0.25) is 9.59 Å². The number of rotatable bonds is 4. The molecule has 26 heavy (non-hydrogen) atoms. The van der Waals surface area contributed by atoms with E-state index in [1.165, 1.54) is 0 Å². The molecule has 2 heterocycles. The van der Waals surface area contributed by atoms with E-state index in [9.17, 15) is 14.4 Å². The standard InChI is InChI=1S/C19H25N3O4/c1-21-16(23)10-15(17(21)13-6-3-2-4-7-13)11-20-19(26)22-9-5-8-14(12-22)18(24)25/h2-4,6-7,14-15,17H,5,8-12H2,1H3,(H,20,26)(H,24,25)/t14?,15-,17-/m0/s1. The minimum atomic E-state index is -0.852. The second-order valence-electron chi connectivity index (χ2n) is 7.13. The molecule has 7 nitrogen and oxygen atoms in total. The van der Waals surface area contributed by atoms with E-state index in [4.69, 9.17) is 5.11 Å². The average molecular weight is 359 g/mol. The van der Waals surface area contributed by atoms with Crippen molar-refractivity contribution in [2.45, 2.75) is 25.3 Å². The Labute approximate surface area is 153 Å².